The molecular weight excluding hydrogens is 149 g/mol. The molecule has 0 aliphatic rings. The van der Waals surface area contributed by atoms with Gasteiger partial charge in [0.2, 0.25) is 0 Å². The highest BCUT2D eigenvalue weighted by Crippen LogP contribution is 1.98. The maximum absolute atomic E-state index is 2.17. The van der Waals surface area contributed by atoms with E-state index in [0.29, 0.717) is 7.12 Å². The number of rotatable bonds is 3. The van der Waals surface area contributed by atoms with E-state index < -0.39 is 0 Å². The number of hydrogen-bond acceptors (Lipinski definition) is 2. The van der Waals surface area contributed by atoms with Gasteiger partial charge in [0.05, 0.1) is 0 Å². The molecule has 66 valence electrons. The summed E-state index contributed by atoms with van der Waals surface area (Å²) in [6.07, 6.45) is 4.15. The fraction of sp³-hybridized carbons (Fsp3) is 0.500. The predicted octanol–water partition coefficient (Wildman–Crippen LogP) is 0.444. The summed E-state index contributed by atoms with van der Waals surface area (Å²) in [7, 11) is 8.60. The van der Waals surface area contributed by atoms with E-state index in [9.17, 15) is 0 Å². The van der Waals surface area contributed by atoms with Crippen molar-refractivity contribution in [2.45, 2.75) is 0 Å². The summed E-state index contributed by atoms with van der Waals surface area (Å²) in [5.74, 6) is 0. The zero-order chi connectivity index (χ0) is 9.14. The van der Waals surface area contributed by atoms with Crippen LogP contribution in [0.25, 0.3) is 0 Å². The van der Waals surface area contributed by atoms with Crippen LogP contribution in [0.2, 0.25) is 0 Å². The van der Waals surface area contributed by atoms with Crippen molar-refractivity contribution >= 4 is 7.12 Å². The zero-order valence-electron chi connectivity index (χ0n) is 8.23. The summed E-state index contributed by atoms with van der Waals surface area (Å²) in [5.41, 5.74) is 0. The Labute approximate surface area is 74.7 Å². The summed E-state index contributed by atoms with van der Waals surface area (Å²) in [5, 5.41) is 0. The average Bonchev–Trinajstić information content (AvgIpc) is 2.37. The van der Waals surface area contributed by atoms with E-state index in [2.05, 4.69) is 54.7 Å². The summed E-state index contributed by atoms with van der Waals surface area (Å²) < 4.78 is 2.17. The van der Waals surface area contributed by atoms with Crippen molar-refractivity contribution in [3.8, 4) is 0 Å². The molecule has 0 aliphatic heterocycles. The summed E-state index contributed by atoms with van der Waals surface area (Å²) in [6, 6.07) is 4.08. The molecule has 0 radical (unpaired) electrons. The monoisotopic (exact) mass is 165 g/mol. The molecule has 0 aliphatic carbocycles. The van der Waals surface area contributed by atoms with Crippen LogP contribution >= 0.6 is 0 Å². The van der Waals surface area contributed by atoms with Crippen LogP contribution in [0.3, 0.4) is 0 Å². The van der Waals surface area contributed by atoms with Crippen LogP contribution < -0.4 is 0 Å². The molecule has 0 aromatic carbocycles. The molecule has 0 fully saturated rings. The minimum Gasteiger partial charge on any atom is -0.369 e. The minimum absolute atomic E-state index is 0.306. The van der Waals surface area contributed by atoms with Crippen LogP contribution in [0.15, 0.2) is 24.5 Å². The molecule has 0 spiro atoms. The van der Waals surface area contributed by atoms with Crippen molar-refractivity contribution in [2.75, 3.05) is 28.2 Å². The molecule has 4 heteroatoms. The van der Waals surface area contributed by atoms with Gasteiger partial charge in [-0.3, -0.25) is 0 Å². The lowest BCUT2D eigenvalue weighted by Crippen LogP contribution is -2.50. The van der Waals surface area contributed by atoms with Gasteiger partial charge in [0, 0.05) is 0 Å². The SMILES string of the molecule is CN(C)B(N(C)C)n1cccc1. The third-order valence-corrected chi connectivity index (χ3v) is 1.82. The molecule has 1 aromatic heterocycles. The molecule has 0 bridgehead atoms. The van der Waals surface area contributed by atoms with Crippen molar-refractivity contribution < 1.29 is 0 Å². The quantitative estimate of drug-likeness (QED) is 0.602. The average molecular weight is 165 g/mol. The molecule has 1 heterocycles. The van der Waals surface area contributed by atoms with E-state index in [0.717, 1.165) is 0 Å². The van der Waals surface area contributed by atoms with Gasteiger partial charge in [0.1, 0.15) is 0 Å². The van der Waals surface area contributed by atoms with E-state index in [4.69, 9.17) is 0 Å². The fourth-order valence-corrected chi connectivity index (χ4v) is 1.50. The van der Waals surface area contributed by atoms with Gasteiger partial charge in [0.25, 0.3) is 0 Å². The van der Waals surface area contributed by atoms with Crippen LogP contribution in [0.1, 0.15) is 0 Å². The van der Waals surface area contributed by atoms with Gasteiger partial charge in [-0.05, 0) is 52.7 Å². The Bertz CT molecular complexity index is 210. The maximum atomic E-state index is 2.17. The third kappa shape index (κ3) is 1.90. The van der Waals surface area contributed by atoms with E-state index in [-0.39, 0.29) is 0 Å². The lowest BCUT2D eigenvalue weighted by atomic mass is 9.89. The standard InChI is InChI=1S/C8H16BN3/c1-10(2)9(11(3)4)12-7-5-6-8-12/h5-8H,1-4H3. The summed E-state index contributed by atoms with van der Waals surface area (Å²) in [6.45, 7) is 0. The van der Waals surface area contributed by atoms with Gasteiger partial charge >= 0.3 is 7.12 Å². The molecule has 0 N–H and O–H groups in total. The highest BCUT2D eigenvalue weighted by atomic mass is 15.3. The van der Waals surface area contributed by atoms with E-state index in [1.807, 2.05) is 12.1 Å². The Balaban J connectivity index is 2.81. The molecule has 12 heavy (non-hydrogen) atoms. The second-order valence-corrected chi connectivity index (χ2v) is 3.40. The molecule has 3 nitrogen and oxygen atoms in total. The molecule has 1 aromatic rings. The van der Waals surface area contributed by atoms with E-state index in [1.54, 1.807) is 0 Å². The molecule has 1 rings (SSSR count). The second kappa shape index (κ2) is 3.78. The van der Waals surface area contributed by atoms with Crippen molar-refractivity contribution in [1.82, 2.24) is 14.1 Å². The largest absolute Gasteiger partial charge is 0.439 e. The van der Waals surface area contributed by atoms with Crippen molar-refractivity contribution in [3.05, 3.63) is 24.5 Å². The fourth-order valence-electron chi connectivity index (χ4n) is 1.50. The lowest BCUT2D eigenvalue weighted by Gasteiger charge is -2.26. The first-order valence-corrected chi connectivity index (χ1v) is 4.08. The van der Waals surface area contributed by atoms with Crippen LogP contribution in [0.5, 0.6) is 0 Å². The molecular formula is C8H16BN3. The Morgan fingerprint density at radius 3 is 1.67 bits per heavy atom. The predicted molar refractivity (Wildman–Crippen MR) is 53.0 cm³/mol. The number of nitrogens with zero attached hydrogens (tertiary/aromatic N) is 3. The van der Waals surface area contributed by atoms with Crippen molar-refractivity contribution in [1.29, 1.82) is 0 Å². The highest BCUT2D eigenvalue weighted by Gasteiger charge is 2.22. The van der Waals surface area contributed by atoms with Gasteiger partial charge in [-0.15, -0.1) is 0 Å². The normalized spacial score (nSPS) is 11.2. The number of aromatic nitrogens is 1. The molecule has 0 amide bonds. The first kappa shape index (κ1) is 9.35. The summed E-state index contributed by atoms with van der Waals surface area (Å²) >= 11 is 0. The first-order chi connectivity index (χ1) is 5.63. The smallest absolute Gasteiger partial charge is 0.369 e. The van der Waals surface area contributed by atoms with Gasteiger partial charge in [-0.25, -0.2) is 0 Å². The minimum atomic E-state index is 0.306. The van der Waals surface area contributed by atoms with Gasteiger partial charge < -0.3 is 14.1 Å². The van der Waals surface area contributed by atoms with Crippen LogP contribution in [-0.2, 0) is 0 Å². The topological polar surface area (TPSA) is 11.4 Å². The van der Waals surface area contributed by atoms with Gasteiger partial charge in [0.15, 0.2) is 0 Å². The van der Waals surface area contributed by atoms with Crippen LogP contribution in [0.4, 0.5) is 0 Å². The van der Waals surface area contributed by atoms with Crippen molar-refractivity contribution in [3.63, 3.8) is 0 Å². The zero-order valence-corrected chi connectivity index (χ0v) is 8.23. The van der Waals surface area contributed by atoms with Gasteiger partial charge in [-0.1, -0.05) is 0 Å². The van der Waals surface area contributed by atoms with Crippen molar-refractivity contribution in [2.24, 2.45) is 0 Å². The molecule has 0 saturated heterocycles. The molecule has 0 unspecified atom stereocenters. The van der Waals surface area contributed by atoms with E-state index in [1.165, 1.54) is 0 Å². The Morgan fingerprint density at radius 2 is 1.33 bits per heavy atom. The summed E-state index contributed by atoms with van der Waals surface area (Å²) in [4.78, 5) is 4.33. The van der Waals surface area contributed by atoms with Crippen LogP contribution in [-0.4, -0.2) is 49.4 Å². The number of hydrogen-bond donors (Lipinski definition) is 0. The van der Waals surface area contributed by atoms with E-state index >= 15 is 0 Å². The molecule has 0 atom stereocenters. The Kier molecular flexibility index (Phi) is 2.95. The Hall–Kier alpha value is -0.735. The first-order valence-electron chi connectivity index (χ1n) is 4.08. The Morgan fingerprint density at radius 1 is 0.917 bits per heavy atom. The maximum Gasteiger partial charge on any atom is 0.439 e. The molecule has 0 saturated carbocycles. The highest BCUT2D eigenvalue weighted by molar-refractivity contribution is 6.50. The second-order valence-electron chi connectivity index (χ2n) is 3.40. The third-order valence-electron chi connectivity index (χ3n) is 1.82. The lowest BCUT2D eigenvalue weighted by molar-refractivity contribution is 0.500. The van der Waals surface area contributed by atoms with Crippen LogP contribution in [0, 0.1) is 0 Å². The van der Waals surface area contributed by atoms with Gasteiger partial charge in [-0.2, -0.15) is 0 Å².